The first-order valence-electron chi connectivity index (χ1n) is 9.88. The number of aliphatic carboxylic acids is 1. The number of aryl methyl sites for hydroxylation is 1. The normalized spacial score (nSPS) is 19.6. The van der Waals surface area contributed by atoms with Gasteiger partial charge in [0, 0.05) is 50.9 Å². The van der Waals surface area contributed by atoms with Gasteiger partial charge in [-0.2, -0.15) is 18.3 Å². The molecule has 1 atom stereocenters. The quantitative estimate of drug-likeness (QED) is 0.638. The van der Waals surface area contributed by atoms with E-state index in [0.717, 1.165) is 43.1 Å². The van der Waals surface area contributed by atoms with Crippen LogP contribution in [-0.4, -0.2) is 63.8 Å². The minimum Gasteiger partial charge on any atom is -0.475 e. The van der Waals surface area contributed by atoms with Gasteiger partial charge in [0.1, 0.15) is 5.76 Å². The molecule has 0 bridgehead atoms. The average Bonchev–Trinajstić information content (AvgIpc) is 3.40. The van der Waals surface area contributed by atoms with Crippen LogP contribution in [0.15, 0.2) is 22.9 Å². The van der Waals surface area contributed by atoms with Crippen molar-refractivity contribution in [1.29, 1.82) is 0 Å². The minimum absolute atomic E-state index is 0.155. The van der Waals surface area contributed by atoms with Crippen molar-refractivity contribution >= 4 is 16.0 Å². The first kappa shape index (κ1) is 24.2. The number of halogens is 3. The number of nitrogens with one attached hydrogen (secondary N) is 1. The fourth-order valence-corrected chi connectivity index (χ4v) is 4.78. The molecule has 3 heterocycles. The van der Waals surface area contributed by atoms with E-state index >= 15 is 0 Å². The van der Waals surface area contributed by atoms with Crippen LogP contribution >= 0.6 is 0 Å². The molecule has 0 radical (unpaired) electrons. The molecule has 178 valence electrons. The van der Waals surface area contributed by atoms with Crippen LogP contribution in [0.1, 0.15) is 30.0 Å². The Morgan fingerprint density at radius 2 is 2.03 bits per heavy atom. The number of hydrogen-bond acceptors (Lipinski definition) is 7. The molecule has 10 nitrogen and oxygen atoms in total. The number of rotatable bonds is 6. The van der Waals surface area contributed by atoms with Crippen LogP contribution < -0.4 is 4.72 Å². The number of carboxylic acid groups (broad SMARTS) is 1. The Morgan fingerprint density at radius 1 is 1.34 bits per heavy atom. The molecule has 0 spiro atoms. The van der Waals surface area contributed by atoms with Crippen molar-refractivity contribution < 1.29 is 36.0 Å². The number of carboxylic acids is 1. The van der Waals surface area contributed by atoms with Crippen molar-refractivity contribution in [2.75, 3.05) is 13.1 Å². The van der Waals surface area contributed by atoms with Gasteiger partial charge in [-0.15, -0.1) is 0 Å². The lowest BCUT2D eigenvalue weighted by atomic mass is 10.1. The van der Waals surface area contributed by atoms with Crippen molar-refractivity contribution in [3.05, 3.63) is 35.5 Å². The second-order valence-electron chi connectivity index (χ2n) is 7.86. The van der Waals surface area contributed by atoms with E-state index in [-0.39, 0.29) is 11.2 Å². The number of carbonyl (C=O) groups is 1. The molecular weight excluding hydrogens is 455 g/mol. The van der Waals surface area contributed by atoms with Crippen LogP contribution in [-0.2, 0) is 34.5 Å². The van der Waals surface area contributed by atoms with Crippen LogP contribution in [0.4, 0.5) is 13.2 Å². The van der Waals surface area contributed by atoms with Crippen LogP contribution in [0.5, 0.6) is 0 Å². The Morgan fingerprint density at radius 3 is 2.59 bits per heavy atom. The number of fused-ring (bicyclic) bond motifs is 1. The van der Waals surface area contributed by atoms with Gasteiger partial charge in [-0.25, -0.2) is 17.9 Å². The molecule has 0 saturated heterocycles. The topological polar surface area (TPSA) is 131 Å². The maximum absolute atomic E-state index is 12.1. The third-order valence-corrected chi connectivity index (χ3v) is 6.90. The van der Waals surface area contributed by atoms with Crippen molar-refractivity contribution in [3.8, 4) is 0 Å². The predicted octanol–water partition coefficient (Wildman–Crippen LogP) is 1.53. The van der Waals surface area contributed by atoms with Gasteiger partial charge in [-0.05, 0) is 25.8 Å². The molecule has 2 aromatic heterocycles. The maximum Gasteiger partial charge on any atom is 0.490 e. The summed E-state index contributed by atoms with van der Waals surface area (Å²) < 4.78 is 65.9. The highest BCUT2D eigenvalue weighted by Gasteiger charge is 2.38. The van der Waals surface area contributed by atoms with Crippen LogP contribution in [0.25, 0.3) is 0 Å². The van der Waals surface area contributed by atoms with Gasteiger partial charge in [0.25, 0.3) is 0 Å². The molecule has 2 N–H and O–H groups in total. The zero-order chi connectivity index (χ0) is 23.5. The van der Waals surface area contributed by atoms with E-state index in [9.17, 15) is 21.6 Å². The first-order chi connectivity index (χ1) is 14.9. The number of hydrogen-bond donors (Lipinski definition) is 2. The van der Waals surface area contributed by atoms with Gasteiger partial charge >= 0.3 is 12.1 Å². The minimum atomic E-state index is -5.08. The zero-order valence-corrected chi connectivity index (χ0v) is 18.1. The molecule has 0 amide bonds. The summed E-state index contributed by atoms with van der Waals surface area (Å²) in [4.78, 5) is 11.2. The molecule has 1 saturated carbocycles. The van der Waals surface area contributed by atoms with Gasteiger partial charge in [0.05, 0.1) is 16.6 Å². The van der Waals surface area contributed by atoms with Crippen LogP contribution in [0, 0.1) is 12.8 Å². The smallest absolute Gasteiger partial charge is 0.475 e. The molecule has 1 unspecified atom stereocenters. The monoisotopic (exact) mass is 479 g/mol. The second kappa shape index (κ2) is 9.58. The maximum atomic E-state index is 12.1. The van der Waals surface area contributed by atoms with Crippen molar-refractivity contribution in [2.45, 2.75) is 50.8 Å². The molecular formula is C18H24F3N5O5S. The molecule has 1 aliphatic heterocycles. The summed E-state index contributed by atoms with van der Waals surface area (Å²) in [6, 6.07) is 3.95. The summed E-state index contributed by atoms with van der Waals surface area (Å²) in [5, 5.41) is 15.4. The molecule has 4 rings (SSSR count). The molecule has 2 aromatic rings. The summed E-state index contributed by atoms with van der Waals surface area (Å²) in [6.07, 6.45) is -1.73. The summed E-state index contributed by atoms with van der Waals surface area (Å²) >= 11 is 0. The molecule has 2 aliphatic rings. The number of nitrogens with zero attached hydrogens (tertiary/aromatic N) is 4. The Kier molecular flexibility index (Phi) is 7.25. The molecule has 32 heavy (non-hydrogen) atoms. The highest BCUT2D eigenvalue weighted by Crippen LogP contribution is 2.27. The standard InChI is InChI=1S/C16H23N5O3S.C2HF3O2/c1-12-6-14(19-24-12)10-20-8-13(7-18-25(22,23)16-2-3-16)9-21-15(11-20)4-5-17-21;3-2(4,5)1(6)7/h4-6,13,16,18H,2-3,7-11H2,1H3;(H,6,7). The molecule has 14 heteroatoms. The number of alkyl halides is 3. The Bertz CT molecular complexity index is 1030. The van der Waals surface area contributed by atoms with E-state index in [0.29, 0.717) is 19.6 Å². The average molecular weight is 479 g/mol. The lowest BCUT2D eigenvalue weighted by molar-refractivity contribution is -0.192. The third kappa shape index (κ3) is 6.77. The Labute approximate surface area is 182 Å². The van der Waals surface area contributed by atoms with Crippen molar-refractivity contribution in [2.24, 2.45) is 5.92 Å². The van der Waals surface area contributed by atoms with E-state index in [1.807, 2.05) is 23.7 Å². The van der Waals surface area contributed by atoms with E-state index in [1.165, 1.54) is 0 Å². The Hall–Kier alpha value is -2.45. The lowest BCUT2D eigenvalue weighted by Gasteiger charge is -2.23. The number of sulfonamides is 1. The van der Waals surface area contributed by atoms with E-state index in [2.05, 4.69) is 19.9 Å². The summed E-state index contributed by atoms with van der Waals surface area (Å²) in [7, 11) is -3.16. The van der Waals surface area contributed by atoms with E-state index in [1.54, 1.807) is 6.20 Å². The lowest BCUT2D eigenvalue weighted by Crippen LogP contribution is -2.37. The first-order valence-corrected chi connectivity index (χ1v) is 11.4. The summed E-state index contributed by atoms with van der Waals surface area (Å²) in [5.41, 5.74) is 2.02. The fourth-order valence-electron chi connectivity index (χ4n) is 3.32. The second-order valence-corrected chi connectivity index (χ2v) is 9.91. The predicted molar refractivity (Wildman–Crippen MR) is 105 cm³/mol. The van der Waals surface area contributed by atoms with E-state index < -0.39 is 22.2 Å². The molecule has 1 aliphatic carbocycles. The third-order valence-electron chi connectivity index (χ3n) is 4.98. The van der Waals surface area contributed by atoms with Crippen LogP contribution in [0.3, 0.4) is 0 Å². The largest absolute Gasteiger partial charge is 0.490 e. The van der Waals surface area contributed by atoms with Gasteiger partial charge in [0.15, 0.2) is 0 Å². The summed E-state index contributed by atoms with van der Waals surface area (Å²) in [5.74, 6) is -1.81. The Balaban J connectivity index is 0.000000360. The number of aromatic nitrogens is 3. The highest BCUT2D eigenvalue weighted by atomic mass is 32.2. The SMILES string of the molecule is Cc1cc(CN2Cc3ccnn3CC(CNS(=O)(=O)C3CC3)C2)no1.O=C(O)C(F)(F)F. The van der Waals surface area contributed by atoms with Crippen molar-refractivity contribution in [1.82, 2.24) is 24.6 Å². The molecule has 1 fully saturated rings. The molecule has 0 aromatic carbocycles. The van der Waals surface area contributed by atoms with Gasteiger partial charge in [0.2, 0.25) is 10.0 Å². The van der Waals surface area contributed by atoms with Crippen molar-refractivity contribution in [3.63, 3.8) is 0 Å². The van der Waals surface area contributed by atoms with Crippen LogP contribution in [0.2, 0.25) is 0 Å². The highest BCUT2D eigenvalue weighted by molar-refractivity contribution is 7.90. The van der Waals surface area contributed by atoms with Gasteiger partial charge < -0.3 is 9.63 Å². The van der Waals surface area contributed by atoms with Gasteiger partial charge in [-0.1, -0.05) is 5.16 Å². The zero-order valence-electron chi connectivity index (χ0n) is 17.2. The summed E-state index contributed by atoms with van der Waals surface area (Å²) in [6.45, 7) is 5.24. The van der Waals surface area contributed by atoms with Gasteiger partial charge in [-0.3, -0.25) is 9.58 Å². The fraction of sp³-hybridized carbons (Fsp3) is 0.611. The van der Waals surface area contributed by atoms with E-state index in [4.69, 9.17) is 14.4 Å².